The van der Waals surface area contributed by atoms with Gasteiger partial charge in [0.05, 0.1) is 4.92 Å². The number of hydrogen-bond acceptors (Lipinski definition) is 6. The van der Waals surface area contributed by atoms with Crippen LogP contribution in [0, 0.1) is 10.1 Å². The SMILES string of the molecule is O=[N+]([O-])c1ccccc1NCCc1ncno1. The van der Waals surface area contributed by atoms with Gasteiger partial charge in [0.25, 0.3) is 5.69 Å². The van der Waals surface area contributed by atoms with Crippen molar-refractivity contribution >= 4 is 11.4 Å². The maximum Gasteiger partial charge on any atom is 0.292 e. The molecule has 17 heavy (non-hydrogen) atoms. The van der Waals surface area contributed by atoms with Crippen LogP contribution in [0.4, 0.5) is 11.4 Å². The Morgan fingerprint density at radius 2 is 2.24 bits per heavy atom. The molecule has 0 atom stereocenters. The van der Waals surface area contributed by atoms with Crippen LogP contribution in [0.15, 0.2) is 35.1 Å². The van der Waals surface area contributed by atoms with Gasteiger partial charge in [-0.2, -0.15) is 4.98 Å². The number of para-hydroxylation sites is 2. The number of nitrogens with zero attached hydrogens (tertiary/aromatic N) is 3. The molecule has 0 aliphatic rings. The molecular weight excluding hydrogens is 224 g/mol. The highest BCUT2D eigenvalue weighted by molar-refractivity contribution is 5.60. The quantitative estimate of drug-likeness (QED) is 0.624. The number of hydrogen-bond donors (Lipinski definition) is 1. The summed E-state index contributed by atoms with van der Waals surface area (Å²) in [5.41, 5.74) is 0.537. The van der Waals surface area contributed by atoms with Crippen molar-refractivity contribution in [3.63, 3.8) is 0 Å². The third kappa shape index (κ3) is 2.77. The highest BCUT2D eigenvalue weighted by Gasteiger charge is 2.11. The molecule has 2 rings (SSSR count). The molecule has 0 bridgehead atoms. The predicted molar refractivity (Wildman–Crippen MR) is 59.6 cm³/mol. The van der Waals surface area contributed by atoms with E-state index in [0.29, 0.717) is 24.5 Å². The molecular formula is C10H10N4O3. The van der Waals surface area contributed by atoms with Gasteiger partial charge in [-0.3, -0.25) is 10.1 Å². The van der Waals surface area contributed by atoms with Gasteiger partial charge < -0.3 is 9.84 Å². The number of anilines is 1. The summed E-state index contributed by atoms with van der Waals surface area (Å²) >= 11 is 0. The molecule has 0 fully saturated rings. The van der Waals surface area contributed by atoms with E-state index in [9.17, 15) is 10.1 Å². The Kier molecular flexibility index (Phi) is 3.29. The van der Waals surface area contributed by atoms with Gasteiger partial charge >= 0.3 is 0 Å². The van der Waals surface area contributed by atoms with Gasteiger partial charge in [0, 0.05) is 19.0 Å². The van der Waals surface area contributed by atoms with Crippen LogP contribution in [-0.2, 0) is 6.42 Å². The Labute approximate surface area is 96.6 Å². The lowest BCUT2D eigenvalue weighted by atomic mass is 10.2. The molecule has 1 N–H and O–H groups in total. The predicted octanol–water partition coefficient (Wildman–Crippen LogP) is 1.63. The van der Waals surface area contributed by atoms with Crippen molar-refractivity contribution in [1.29, 1.82) is 0 Å². The summed E-state index contributed by atoms with van der Waals surface area (Å²) in [5, 5.41) is 17.2. The fourth-order valence-corrected chi connectivity index (χ4v) is 1.39. The molecule has 0 saturated heterocycles. The highest BCUT2D eigenvalue weighted by atomic mass is 16.6. The van der Waals surface area contributed by atoms with Crippen LogP contribution in [0.3, 0.4) is 0 Å². The van der Waals surface area contributed by atoms with Crippen molar-refractivity contribution in [3.8, 4) is 0 Å². The van der Waals surface area contributed by atoms with Crippen molar-refractivity contribution in [1.82, 2.24) is 10.1 Å². The van der Waals surface area contributed by atoms with E-state index >= 15 is 0 Å². The topological polar surface area (TPSA) is 94.1 Å². The number of nitrogens with one attached hydrogen (secondary N) is 1. The first-order valence-electron chi connectivity index (χ1n) is 5.00. The first-order chi connectivity index (χ1) is 8.27. The standard InChI is InChI=1S/C10H10N4O3/c15-14(16)9-4-2-1-3-8(9)11-6-5-10-12-7-13-17-10/h1-4,7,11H,5-6H2. The van der Waals surface area contributed by atoms with E-state index in [-0.39, 0.29) is 5.69 Å². The maximum atomic E-state index is 10.7. The summed E-state index contributed by atoms with van der Waals surface area (Å²) in [7, 11) is 0. The van der Waals surface area contributed by atoms with Crippen molar-refractivity contribution in [2.24, 2.45) is 0 Å². The first kappa shape index (κ1) is 11.1. The van der Waals surface area contributed by atoms with Crippen molar-refractivity contribution in [3.05, 3.63) is 46.6 Å². The van der Waals surface area contributed by atoms with E-state index in [0.717, 1.165) is 0 Å². The minimum Gasteiger partial charge on any atom is -0.379 e. The van der Waals surface area contributed by atoms with Crippen LogP contribution >= 0.6 is 0 Å². The summed E-state index contributed by atoms with van der Waals surface area (Å²) in [5.74, 6) is 0.496. The second-order valence-electron chi connectivity index (χ2n) is 3.29. The highest BCUT2D eigenvalue weighted by Crippen LogP contribution is 2.22. The van der Waals surface area contributed by atoms with Crippen molar-refractivity contribution in [2.75, 3.05) is 11.9 Å². The van der Waals surface area contributed by atoms with E-state index in [2.05, 4.69) is 15.5 Å². The second kappa shape index (κ2) is 5.06. The van der Waals surface area contributed by atoms with Gasteiger partial charge in [-0.25, -0.2) is 0 Å². The molecule has 0 unspecified atom stereocenters. The van der Waals surface area contributed by atoms with Crippen molar-refractivity contribution in [2.45, 2.75) is 6.42 Å². The number of aromatic nitrogens is 2. The Morgan fingerprint density at radius 3 is 2.94 bits per heavy atom. The number of rotatable bonds is 5. The molecule has 88 valence electrons. The molecule has 1 heterocycles. The van der Waals surface area contributed by atoms with Gasteiger partial charge in [-0.15, -0.1) is 0 Å². The van der Waals surface area contributed by atoms with Gasteiger partial charge in [0.1, 0.15) is 5.69 Å². The third-order valence-electron chi connectivity index (χ3n) is 2.16. The number of nitro groups is 1. The fraction of sp³-hybridized carbons (Fsp3) is 0.200. The first-order valence-corrected chi connectivity index (χ1v) is 5.00. The molecule has 2 aromatic rings. The minimum absolute atomic E-state index is 0.0537. The van der Waals surface area contributed by atoms with Gasteiger partial charge in [0.2, 0.25) is 5.89 Å². The van der Waals surface area contributed by atoms with Gasteiger partial charge in [-0.1, -0.05) is 17.3 Å². The molecule has 0 spiro atoms. The van der Waals surface area contributed by atoms with Crippen LogP contribution in [0.5, 0.6) is 0 Å². The summed E-state index contributed by atoms with van der Waals surface area (Å²) in [6.07, 6.45) is 1.84. The van der Waals surface area contributed by atoms with Crippen LogP contribution in [0.25, 0.3) is 0 Å². The van der Waals surface area contributed by atoms with Crippen molar-refractivity contribution < 1.29 is 9.45 Å². The largest absolute Gasteiger partial charge is 0.379 e. The van der Waals surface area contributed by atoms with E-state index in [1.165, 1.54) is 12.4 Å². The van der Waals surface area contributed by atoms with Crippen LogP contribution in [-0.4, -0.2) is 21.6 Å². The van der Waals surface area contributed by atoms with Crippen LogP contribution in [0.2, 0.25) is 0 Å². The maximum absolute atomic E-state index is 10.7. The summed E-state index contributed by atoms with van der Waals surface area (Å²) in [4.78, 5) is 14.2. The zero-order valence-corrected chi connectivity index (χ0v) is 8.87. The van der Waals surface area contributed by atoms with Crippen LogP contribution < -0.4 is 5.32 Å². The van der Waals surface area contributed by atoms with Gasteiger partial charge in [0.15, 0.2) is 6.33 Å². The summed E-state index contributed by atoms with van der Waals surface area (Å²) in [6, 6.07) is 6.48. The fourth-order valence-electron chi connectivity index (χ4n) is 1.39. The Balaban J connectivity index is 1.97. The van der Waals surface area contributed by atoms with E-state index in [4.69, 9.17) is 4.52 Å². The van der Waals surface area contributed by atoms with E-state index in [1.807, 2.05) is 0 Å². The second-order valence-corrected chi connectivity index (χ2v) is 3.29. The number of nitro benzene ring substituents is 1. The third-order valence-corrected chi connectivity index (χ3v) is 2.16. The lowest BCUT2D eigenvalue weighted by molar-refractivity contribution is -0.384. The van der Waals surface area contributed by atoms with E-state index in [1.54, 1.807) is 18.2 Å². The lowest BCUT2D eigenvalue weighted by Crippen LogP contribution is -2.06. The molecule has 1 aromatic carbocycles. The Bertz CT molecular complexity index is 498. The zero-order chi connectivity index (χ0) is 12.1. The molecule has 0 amide bonds. The lowest BCUT2D eigenvalue weighted by Gasteiger charge is -2.04. The van der Waals surface area contributed by atoms with E-state index < -0.39 is 4.92 Å². The molecule has 1 aromatic heterocycles. The molecule has 0 aliphatic heterocycles. The molecule has 7 heteroatoms. The zero-order valence-electron chi connectivity index (χ0n) is 8.87. The smallest absolute Gasteiger partial charge is 0.292 e. The Morgan fingerprint density at radius 1 is 1.41 bits per heavy atom. The van der Waals surface area contributed by atoms with Crippen LogP contribution in [0.1, 0.15) is 5.89 Å². The monoisotopic (exact) mass is 234 g/mol. The number of benzene rings is 1. The molecule has 7 nitrogen and oxygen atoms in total. The average molecular weight is 234 g/mol. The molecule has 0 saturated carbocycles. The minimum atomic E-state index is -0.422. The summed E-state index contributed by atoms with van der Waals surface area (Å²) in [6.45, 7) is 0.493. The molecule has 0 aliphatic carbocycles. The average Bonchev–Trinajstić information content (AvgIpc) is 2.82. The Hall–Kier alpha value is -2.44. The van der Waals surface area contributed by atoms with Gasteiger partial charge in [-0.05, 0) is 6.07 Å². The molecule has 0 radical (unpaired) electrons. The summed E-state index contributed by atoms with van der Waals surface area (Å²) < 4.78 is 4.81. The normalized spacial score (nSPS) is 10.1.